The Morgan fingerprint density at radius 3 is 2.63 bits per heavy atom. The van der Waals surface area contributed by atoms with E-state index in [-0.39, 0.29) is 29.9 Å². The summed E-state index contributed by atoms with van der Waals surface area (Å²) in [5, 5.41) is 17.1. The van der Waals surface area contributed by atoms with Crippen molar-refractivity contribution in [1.29, 1.82) is 0 Å². The molecule has 6 rings (SSSR count). The van der Waals surface area contributed by atoms with Crippen LogP contribution < -0.4 is 5.32 Å². The molecule has 1 aliphatic heterocycles. The fourth-order valence-corrected chi connectivity index (χ4v) is 6.28. The summed E-state index contributed by atoms with van der Waals surface area (Å²) in [6.07, 6.45) is 4.95. The van der Waals surface area contributed by atoms with Crippen LogP contribution in [-0.4, -0.2) is 61.8 Å². The van der Waals surface area contributed by atoms with Crippen LogP contribution in [-0.2, 0) is 13.0 Å². The number of halogens is 1. The fourth-order valence-electron chi connectivity index (χ4n) is 5.29. The van der Waals surface area contributed by atoms with Crippen molar-refractivity contribution in [2.75, 3.05) is 13.1 Å². The first-order valence-corrected chi connectivity index (χ1v) is 14.1. The van der Waals surface area contributed by atoms with Crippen LogP contribution in [0, 0.1) is 0 Å². The summed E-state index contributed by atoms with van der Waals surface area (Å²) in [6, 6.07) is 9.50. The number of amides is 1. The van der Waals surface area contributed by atoms with Crippen molar-refractivity contribution in [2.24, 2.45) is 0 Å². The van der Waals surface area contributed by atoms with Crippen molar-refractivity contribution in [3.63, 3.8) is 0 Å². The number of aromatic nitrogens is 3. The second kappa shape index (κ2) is 10.2. The maximum Gasteiger partial charge on any atom is 0.335 e. The molecule has 0 unspecified atom stereocenters. The number of carboxylic acids is 1. The minimum atomic E-state index is -1.03. The third kappa shape index (κ3) is 4.95. The number of rotatable bonds is 8. The van der Waals surface area contributed by atoms with Crippen molar-refractivity contribution >= 4 is 45.8 Å². The number of fused-ring (bicyclic) bond motifs is 1. The number of imidazole rings is 1. The molecule has 0 atom stereocenters. The molecule has 0 spiro atoms. The van der Waals surface area contributed by atoms with Gasteiger partial charge in [-0.2, -0.15) is 0 Å². The lowest BCUT2D eigenvalue weighted by Gasteiger charge is -2.32. The highest BCUT2D eigenvalue weighted by atomic mass is 35.5. The van der Waals surface area contributed by atoms with Gasteiger partial charge in [-0.05, 0) is 61.9 Å². The molecular weight excluding hydrogens is 526 g/mol. The Kier molecular flexibility index (Phi) is 6.71. The molecule has 1 saturated heterocycles. The zero-order valence-corrected chi connectivity index (χ0v) is 22.5. The Hall–Kier alpha value is -3.21. The molecule has 1 aromatic carbocycles. The van der Waals surface area contributed by atoms with E-state index in [2.05, 4.69) is 20.4 Å². The van der Waals surface area contributed by atoms with Gasteiger partial charge in [0.15, 0.2) is 11.6 Å². The molecule has 2 N–H and O–H groups in total. The predicted molar refractivity (Wildman–Crippen MR) is 145 cm³/mol. The smallest absolute Gasteiger partial charge is 0.335 e. The van der Waals surface area contributed by atoms with E-state index in [1.807, 2.05) is 23.6 Å². The number of carbonyl (C=O) groups is 2. The monoisotopic (exact) mass is 553 g/mol. The average molecular weight is 554 g/mol. The van der Waals surface area contributed by atoms with Crippen LogP contribution in [0.5, 0.6) is 0 Å². The molecule has 4 heterocycles. The quantitative estimate of drug-likeness (QED) is 0.313. The molecule has 11 heteroatoms. The van der Waals surface area contributed by atoms with Crippen molar-refractivity contribution in [2.45, 2.75) is 57.7 Å². The largest absolute Gasteiger partial charge is 0.478 e. The molecular formula is C27H28ClN5O4S. The lowest BCUT2D eigenvalue weighted by atomic mass is 10.0. The highest BCUT2D eigenvalue weighted by Crippen LogP contribution is 2.32. The summed E-state index contributed by atoms with van der Waals surface area (Å²) in [5.41, 5.74) is 2.79. The van der Waals surface area contributed by atoms with E-state index in [1.54, 1.807) is 12.1 Å². The van der Waals surface area contributed by atoms with Crippen LogP contribution in [0.2, 0.25) is 4.34 Å². The Labute approximate surface area is 228 Å². The van der Waals surface area contributed by atoms with Crippen molar-refractivity contribution in [1.82, 2.24) is 24.9 Å². The molecule has 4 aromatic rings. The van der Waals surface area contributed by atoms with Gasteiger partial charge in [0.1, 0.15) is 5.69 Å². The van der Waals surface area contributed by atoms with Gasteiger partial charge in [0.05, 0.1) is 32.4 Å². The van der Waals surface area contributed by atoms with E-state index >= 15 is 0 Å². The Balaban J connectivity index is 1.33. The predicted octanol–water partition coefficient (Wildman–Crippen LogP) is 5.07. The number of aryl methyl sites for hydroxylation is 1. The van der Waals surface area contributed by atoms with Gasteiger partial charge in [-0.3, -0.25) is 4.79 Å². The first kappa shape index (κ1) is 25.1. The second-order valence-electron chi connectivity index (χ2n) is 9.98. The van der Waals surface area contributed by atoms with Crippen LogP contribution in [0.25, 0.3) is 21.7 Å². The number of carbonyl (C=O) groups excluding carboxylic acids is 1. The van der Waals surface area contributed by atoms with Gasteiger partial charge in [0, 0.05) is 31.2 Å². The molecule has 38 heavy (non-hydrogen) atoms. The van der Waals surface area contributed by atoms with Gasteiger partial charge < -0.3 is 24.4 Å². The number of hydrogen-bond acceptors (Lipinski definition) is 7. The molecule has 1 saturated carbocycles. The molecule has 2 aliphatic rings. The Bertz CT molecular complexity index is 1510. The van der Waals surface area contributed by atoms with E-state index in [9.17, 15) is 14.7 Å². The summed E-state index contributed by atoms with van der Waals surface area (Å²) >= 11 is 7.48. The highest BCUT2D eigenvalue weighted by molar-refractivity contribution is 7.19. The third-order valence-electron chi connectivity index (χ3n) is 7.37. The average Bonchev–Trinajstić information content (AvgIpc) is 3.32. The molecule has 1 aliphatic carbocycles. The van der Waals surface area contributed by atoms with Gasteiger partial charge in [-0.25, -0.2) is 9.78 Å². The number of thiophene rings is 1. The number of nitrogens with zero attached hydrogens (tertiary/aromatic N) is 4. The lowest BCUT2D eigenvalue weighted by Crippen LogP contribution is -2.45. The fraction of sp³-hybridized carbons (Fsp3) is 0.407. The maximum absolute atomic E-state index is 13.6. The topological polar surface area (TPSA) is 113 Å². The van der Waals surface area contributed by atoms with E-state index in [1.165, 1.54) is 30.2 Å². The molecule has 9 nitrogen and oxygen atoms in total. The van der Waals surface area contributed by atoms with Gasteiger partial charge in [-0.15, -0.1) is 11.3 Å². The molecule has 3 aromatic heterocycles. The van der Waals surface area contributed by atoms with Gasteiger partial charge in [-0.1, -0.05) is 23.7 Å². The number of piperidine rings is 1. The normalized spacial score (nSPS) is 16.8. The number of nitrogens with one attached hydrogen (secondary N) is 1. The van der Waals surface area contributed by atoms with E-state index in [4.69, 9.17) is 16.1 Å². The van der Waals surface area contributed by atoms with Crippen LogP contribution in [0.3, 0.4) is 0 Å². The number of benzene rings is 1. The van der Waals surface area contributed by atoms with Crippen LogP contribution in [0.1, 0.15) is 64.8 Å². The standard InChI is InChI=1S/C27H28ClN5O4S/c1-2-15-11-16(27(35)36)12-20-24(15)33(14-18-13-21(37-31-18)22-5-6-23(28)38-22)25(30-20)26(34)29-17-7-9-32(10-8-17)19-3-4-19/h5-6,11-13,17,19H,2-4,7-10,14H2,1H3,(H,29,34)(H,35,36). The number of likely N-dealkylation sites (tertiary alicyclic amines) is 1. The molecule has 1 amide bonds. The van der Waals surface area contributed by atoms with Crippen molar-refractivity contribution in [3.8, 4) is 10.6 Å². The summed E-state index contributed by atoms with van der Waals surface area (Å²) in [6.45, 7) is 4.19. The zero-order chi connectivity index (χ0) is 26.4. The van der Waals surface area contributed by atoms with Gasteiger partial charge in [0.2, 0.25) is 0 Å². The van der Waals surface area contributed by atoms with Crippen molar-refractivity contribution < 1.29 is 19.2 Å². The molecule has 198 valence electrons. The molecule has 0 radical (unpaired) electrons. The van der Waals surface area contributed by atoms with E-state index in [0.29, 0.717) is 27.7 Å². The van der Waals surface area contributed by atoms with Crippen LogP contribution in [0.4, 0.5) is 0 Å². The number of aromatic carboxylic acids is 1. The summed E-state index contributed by atoms with van der Waals surface area (Å²) in [4.78, 5) is 33.4. The van der Waals surface area contributed by atoms with Crippen LogP contribution >= 0.6 is 22.9 Å². The Morgan fingerprint density at radius 2 is 1.97 bits per heavy atom. The van der Waals surface area contributed by atoms with Gasteiger partial charge >= 0.3 is 5.97 Å². The molecule has 0 bridgehead atoms. The first-order valence-electron chi connectivity index (χ1n) is 12.9. The highest BCUT2D eigenvalue weighted by Gasteiger charge is 2.33. The lowest BCUT2D eigenvalue weighted by molar-refractivity contribution is 0.0696. The number of hydrogen-bond donors (Lipinski definition) is 2. The van der Waals surface area contributed by atoms with Crippen LogP contribution in [0.15, 0.2) is 34.9 Å². The Morgan fingerprint density at radius 1 is 1.18 bits per heavy atom. The zero-order valence-electron chi connectivity index (χ0n) is 20.9. The number of carboxylic acid groups (broad SMARTS) is 1. The van der Waals surface area contributed by atoms with E-state index in [0.717, 1.165) is 47.9 Å². The first-order chi connectivity index (χ1) is 18.4. The molecule has 2 fully saturated rings. The minimum absolute atomic E-state index is 0.0771. The summed E-state index contributed by atoms with van der Waals surface area (Å²) < 4.78 is 8.06. The minimum Gasteiger partial charge on any atom is -0.478 e. The van der Waals surface area contributed by atoms with E-state index < -0.39 is 5.97 Å². The SMILES string of the molecule is CCc1cc(C(=O)O)cc2nc(C(=O)NC3CCN(C4CC4)CC3)n(Cc3cc(-c4ccc(Cl)s4)on3)c12. The van der Waals surface area contributed by atoms with Gasteiger partial charge in [0.25, 0.3) is 5.91 Å². The maximum atomic E-state index is 13.6. The summed E-state index contributed by atoms with van der Waals surface area (Å²) in [7, 11) is 0. The summed E-state index contributed by atoms with van der Waals surface area (Å²) in [5.74, 6) is -0.455. The third-order valence-corrected chi connectivity index (χ3v) is 8.62. The van der Waals surface area contributed by atoms with Crippen molar-refractivity contribution in [3.05, 3.63) is 57.3 Å². The second-order valence-corrected chi connectivity index (χ2v) is 11.7.